The molecule has 2 atom stereocenters. The summed E-state index contributed by atoms with van der Waals surface area (Å²) < 4.78 is 21.5. The minimum Gasteiger partial charge on any atom is -0.370 e. The van der Waals surface area contributed by atoms with Crippen LogP contribution in [0.3, 0.4) is 0 Å². The Morgan fingerprint density at radius 1 is 1.26 bits per heavy atom. The lowest BCUT2D eigenvalue weighted by molar-refractivity contribution is -0.139. The molecule has 34 heavy (non-hydrogen) atoms. The smallest absolute Gasteiger partial charge is 0.228 e. The van der Waals surface area contributed by atoms with Crippen molar-refractivity contribution in [2.45, 2.75) is 25.5 Å². The first-order chi connectivity index (χ1) is 16.5. The zero-order valence-corrected chi connectivity index (χ0v) is 18.6. The minimum absolute atomic E-state index is 0.0104. The van der Waals surface area contributed by atoms with Gasteiger partial charge >= 0.3 is 0 Å². The number of piperazine rings is 1. The Hall–Kier alpha value is -3.75. The molecule has 1 amide bonds. The Morgan fingerprint density at radius 2 is 2.15 bits per heavy atom. The van der Waals surface area contributed by atoms with E-state index in [0.717, 1.165) is 12.1 Å². The SMILES string of the molecule is Cc1c([C@@H]2CN3CCN(C(=O)Cc4cccc(-n5cnnn5)n4)C[C@H]3CO2)ccc(F)c1C#N. The molecule has 1 aromatic carbocycles. The van der Waals surface area contributed by atoms with Crippen molar-refractivity contribution in [3.05, 3.63) is 64.9 Å². The van der Waals surface area contributed by atoms with Gasteiger partial charge in [0, 0.05) is 26.2 Å². The van der Waals surface area contributed by atoms with Gasteiger partial charge in [-0.3, -0.25) is 9.69 Å². The van der Waals surface area contributed by atoms with Crippen LogP contribution < -0.4 is 0 Å². The van der Waals surface area contributed by atoms with Crippen molar-refractivity contribution in [3.8, 4) is 11.9 Å². The number of halogens is 1. The van der Waals surface area contributed by atoms with Gasteiger partial charge in [-0.05, 0) is 46.7 Å². The predicted molar refractivity (Wildman–Crippen MR) is 117 cm³/mol. The van der Waals surface area contributed by atoms with Crippen LogP contribution in [0.15, 0.2) is 36.7 Å². The van der Waals surface area contributed by atoms with Crippen LogP contribution in [0.1, 0.15) is 28.5 Å². The van der Waals surface area contributed by atoms with Crippen molar-refractivity contribution >= 4 is 5.91 Å². The molecular formula is C23H23FN8O2. The number of morpholine rings is 1. The summed E-state index contributed by atoms with van der Waals surface area (Å²) in [6, 6.07) is 10.5. The lowest BCUT2D eigenvalue weighted by Crippen LogP contribution is -2.59. The fourth-order valence-electron chi connectivity index (χ4n) is 4.61. The van der Waals surface area contributed by atoms with E-state index in [1.807, 2.05) is 23.1 Å². The Labute approximate surface area is 195 Å². The van der Waals surface area contributed by atoms with Crippen LogP contribution in [0.25, 0.3) is 5.82 Å². The van der Waals surface area contributed by atoms with Crippen LogP contribution in [-0.4, -0.2) is 79.7 Å². The zero-order chi connectivity index (χ0) is 23.7. The zero-order valence-electron chi connectivity index (χ0n) is 18.6. The second-order valence-corrected chi connectivity index (χ2v) is 8.48. The lowest BCUT2D eigenvalue weighted by atomic mass is 9.96. The Balaban J connectivity index is 1.22. The number of hydrogen-bond acceptors (Lipinski definition) is 8. The fourth-order valence-corrected chi connectivity index (χ4v) is 4.61. The van der Waals surface area contributed by atoms with Gasteiger partial charge in [0.2, 0.25) is 5.91 Å². The number of nitrogens with zero attached hydrogens (tertiary/aromatic N) is 8. The molecule has 4 heterocycles. The summed E-state index contributed by atoms with van der Waals surface area (Å²) in [5.41, 5.74) is 2.18. The van der Waals surface area contributed by atoms with E-state index in [9.17, 15) is 14.4 Å². The molecule has 11 heteroatoms. The van der Waals surface area contributed by atoms with Gasteiger partial charge < -0.3 is 9.64 Å². The molecule has 0 aliphatic carbocycles. The van der Waals surface area contributed by atoms with Gasteiger partial charge in [-0.25, -0.2) is 9.37 Å². The van der Waals surface area contributed by atoms with Gasteiger partial charge in [0.05, 0.1) is 36.4 Å². The van der Waals surface area contributed by atoms with E-state index in [1.54, 1.807) is 19.1 Å². The molecule has 174 valence electrons. The van der Waals surface area contributed by atoms with Crippen molar-refractivity contribution in [3.63, 3.8) is 0 Å². The highest BCUT2D eigenvalue weighted by Crippen LogP contribution is 2.31. The van der Waals surface area contributed by atoms with Crippen LogP contribution in [0.4, 0.5) is 4.39 Å². The van der Waals surface area contributed by atoms with Crippen LogP contribution in [-0.2, 0) is 16.0 Å². The maximum Gasteiger partial charge on any atom is 0.228 e. The number of benzene rings is 1. The van der Waals surface area contributed by atoms with Gasteiger partial charge in [0.1, 0.15) is 18.2 Å². The maximum atomic E-state index is 13.9. The standard InChI is InChI=1S/C23H23FN8O2/c1-15-18(5-6-20(24)19(15)10-25)21-12-30-7-8-31(11-17(30)13-34-21)23(33)9-16-3-2-4-22(27-16)32-14-26-28-29-32/h2-6,14,17,21H,7-9,11-13H2,1H3/t17-,21-/m0/s1. The molecule has 0 bridgehead atoms. The molecule has 2 aliphatic heterocycles. The van der Waals surface area contributed by atoms with Crippen molar-refractivity contribution in [1.29, 1.82) is 5.26 Å². The number of carbonyl (C=O) groups is 1. The number of rotatable bonds is 4. The van der Waals surface area contributed by atoms with E-state index in [4.69, 9.17) is 4.74 Å². The van der Waals surface area contributed by atoms with Gasteiger partial charge in [-0.1, -0.05) is 12.1 Å². The molecule has 5 rings (SSSR count). The monoisotopic (exact) mass is 462 g/mol. The van der Waals surface area contributed by atoms with Crippen molar-refractivity contribution in [1.82, 2.24) is 35.0 Å². The number of carbonyl (C=O) groups excluding carboxylic acids is 1. The van der Waals surface area contributed by atoms with Gasteiger partial charge in [-0.15, -0.1) is 5.10 Å². The molecule has 2 aliphatic rings. The van der Waals surface area contributed by atoms with E-state index < -0.39 is 5.82 Å². The average Bonchev–Trinajstić information content (AvgIpc) is 3.39. The van der Waals surface area contributed by atoms with Crippen LogP contribution >= 0.6 is 0 Å². The molecule has 0 spiro atoms. The predicted octanol–water partition coefficient (Wildman–Crippen LogP) is 1.20. The summed E-state index contributed by atoms with van der Waals surface area (Å²) in [4.78, 5) is 21.6. The van der Waals surface area contributed by atoms with Gasteiger partial charge in [0.25, 0.3) is 0 Å². The largest absolute Gasteiger partial charge is 0.370 e. The van der Waals surface area contributed by atoms with Crippen LogP contribution in [0.5, 0.6) is 0 Å². The molecule has 0 saturated carbocycles. The number of nitriles is 1. The molecule has 10 nitrogen and oxygen atoms in total. The highest BCUT2D eigenvalue weighted by atomic mass is 19.1. The lowest BCUT2D eigenvalue weighted by Gasteiger charge is -2.46. The molecule has 2 fully saturated rings. The number of tetrazole rings is 1. The first kappa shape index (κ1) is 22.1. The number of ether oxygens (including phenoxy) is 1. The Bertz CT molecular complexity index is 1240. The van der Waals surface area contributed by atoms with Crippen LogP contribution in [0, 0.1) is 24.1 Å². The van der Waals surface area contributed by atoms with E-state index in [-0.39, 0.29) is 30.0 Å². The van der Waals surface area contributed by atoms with Crippen molar-refractivity contribution < 1.29 is 13.9 Å². The number of pyridine rings is 1. The maximum absolute atomic E-state index is 13.9. The first-order valence-corrected chi connectivity index (χ1v) is 11.1. The highest BCUT2D eigenvalue weighted by Gasteiger charge is 2.36. The molecule has 0 unspecified atom stereocenters. The molecule has 0 N–H and O–H groups in total. The summed E-state index contributed by atoms with van der Waals surface area (Å²) in [5.74, 6) is 0.0567. The summed E-state index contributed by atoms with van der Waals surface area (Å²) in [6.45, 7) is 4.76. The second-order valence-electron chi connectivity index (χ2n) is 8.48. The quantitative estimate of drug-likeness (QED) is 0.569. The van der Waals surface area contributed by atoms with Gasteiger partial charge in [0.15, 0.2) is 5.82 Å². The average molecular weight is 462 g/mol. The summed E-state index contributed by atoms with van der Waals surface area (Å²) in [5, 5.41) is 20.3. The van der Waals surface area contributed by atoms with Crippen LogP contribution in [0.2, 0.25) is 0 Å². The minimum atomic E-state index is -0.512. The van der Waals surface area contributed by atoms with Crippen molar-refractivity contribution in [2.24, 2.45) is 0 Å². The Morgan fingerprint density at radius 3 is 2.94 bits per heavy atom. The molecular weight excluding hydrogens is 439 g/mol. The number of aromatic nitrogens is 5. The van der Waals surface area contributed by atoms with E-state index in [0.29, 0.717) is 43.3 Å². The molecule has 2 saturated heterocycles. The van der Waals surface area contributed by atoms with Gasteiger partial charge in [-0.2, -0.15) is 9.94 Å². The highest BCUT2D eigenvalue weighted by molar-refractivity contribution is 5.78. The second kappa shape index (κ2) is 9.24. The molecule has 0 radical (unpaired) electrons. The molecule has 3 aromatic rings. The van der Waals surface area contributed by atoms with E-state index in [2.05, 4.69) is 25.4 Å². The third kappa shape index (κ3) is 4.25. The number of amides is 1. The number of hydrogen-bond donors (Lipinski definition) is 0. The normalized spacial score (nSPS) is 20.6. The van der Waals surface area contributed by atoms with Crippen molar-refractivity contribution in [2.75, 3.05) is 32.8 Å². The third-order valence-corrected chi connectivity index (χ3v) is 6.47. The summed E-state index contributed by atoms with van der Waals surface area (Å²) in [7, 11) is 0. The number of fused-ring (bicyclic) bond motifs is 1. The van der Waals surface area contributed by atoms with E-state index in [1.165, 1.54) is 17.1 Å². The topological polar surface area (TPSA) is 113 Å². The Kier molecular flexibility index (Phi) is 6.00. The molecule has 2 aromatic heterocycles. The first-order valence-electron chi connectivity index (χ1n) is 11.1. The van der Waals surface area contributed by atoms with E-state index >= 15 is 0 Å². The summed E-state index contributed by atoms with van der Waals surface area (Å²) >= 11 is 0. The third-order valence-electron chi connectivity index (χ3n) is 6.47. The fraction of sp³-hybridized carbons (Fsp3) is 0.391. The summed E-state index contributed by atoms with van der Waals surface area (Å²) in [6.07, 6.45) is 1.42.